The van der Waals surface area contributed by atoms with Crippen LogP contribution >= 0.6 is 0 Å². The number of nitrogens with zero attached hydrogens (tertiary/aromatic N) is 1. The van der Waals surface area contributed by atoms with Gasteiger partial charge in [-0.05, 0) is 63.6 Å². The molecule has 2 N–H and O–H groups in total. The molecule has 1 heterocycles. The number of aliphatic hydroxyl groups excluding tert-OH is 1. The third kappa shape index (κ3) is 3.93. The van der Waals surface area contributed by atoms with E-state index in [2.05, 4.69) is 38.0 Å². The molecule has 2 atom stereocenters. The zero-order chi connectivity index (χ0) is 14.1. The molecule has 0 amide bonds. The van der Waals surface area contributed by atoms with Gasteiger partial charge in [0.25, 0.3) is 0 Å². The lowest BCUT2D eigenvalue weighted by Crippen LogP contribution is -2.59. The molecule has 0 aromatic carbocycles. The van der Waals surface area contributed by atoms with E-state index in [9.17, 15) is 5.11 Å². The summed E-state index contributed by atoms with van der Waals surface area (Å²) in [5.74, 6) is 0.703. The number of likely N-dealkylation sites (tertiary alicyclic amines) is 1. The van der Waals surface area contributed by atoms with E-state index in [1.54, 1.807) is 0 Å². The first-order chi connectivity index (χ1) is 8.84. The molecule has 0 aromatic heterocycles. The summed E-state index contributed by atoms with van der Waals surface area (Å²) >= 11 is 0. The van der Waals surface area contributed by atoms with Gasteiger partial charge in [-0.1, -0.05) is 20.8 Å². The van der Waals surface area contributed by atoms with Gasteiger partial charge in [-0.2, -0.15) is 0 Å². The summed E-state index contributed by atoms with van der Waals surface area (Å²) in [6.07, 6.45) is 5.94. The fraction of sp³-hybridized carbons (Fsp3) is 1.00. The maximum atomic E-state index is 10.0. The molecule has 0 spiro atoms. The average Bonchev–Trinajstić information content (AvgIpc) is 2.29. The molecule has 1 aliphatic carbocycles. The number of hydrogen-bond donors (Lipinski definition) is 2. The molecule has 0 radical (unpaired) electrons. The Hall–Kier alpha value is -0.120. The van der Waals surface area contributed by atoms with Crippen molar-refractivity contribution in [3.05, 3.63) is 0 Å². The van der Waals surface area contributed by atoms with Crippen molar-refractivity contribution in [1.29, 1.82) is 0 Å². The SMILES string of the molecule is C[C@@H]1CC(C)(C)C[C@](CO)(NC2CCN(C)CC2)C1. The second-order valence-electron chi connectivity index (χ2n) is 8.01. The van der Waals surface area contributed by atoms with Crippen molar-refractivity contribution >= 4 is 0 Å². The third-order valence-electron chi connectivity index (χ3n) is 4.99. The van der Waals surface area contributed by atoms with Crippen LogP contribution in [-0.2, 0) is 0 Å². The Labute approximate surface area is 118 Å². The van der Waals surface area contributed by atoms with Crippen LogP contribution in [0.2, 0.25) is 0 Å². The normalized spacial score (nSPS) is 37.4. The Morgan fingerprint density at radius 3 is 2.37 bits per heavy atom. The van der Waals surface area contributed by atoms with Crippen molar-refractivity contribution in [3.63, 3.8) is 0 Å². The molecular weight excluding hydrogens is 236 g/mol. The molecule has 2 rings (SSSR count). The number of nitrogens with one attached hydrogen (secondary N) is 1. The van der Waals surface area contributed by atoms with Gasteiger partial charge >= 0.3 is 0 Å². The summed E-state index contributed by atoms with van der Waals surface area (Å²) in [6, 6.07) is 0.587. The smallest absolute Gasteiger partial charge is 0.0613 e. The third-order valence-corrected chi connectivity index (χ3v) is 4.99. The Balaban J connectivity index is 2.01. The van der Waals surface area contributed by atoms with Gasteiger partial charge in [-0.15, -0.1) is 0 Å². The lowest BCUT2D eigenvalue weighted by molar-refractivity contribution is 0.0225. The number of aliphatic hydroxyl groups is 1. The minimum atomic E-state index is -0.0399. The molecule has 19 heavy (non-hydrogen) atoms. The standard InChI is InChI=1S/C16H32N2O/c1-13-9-15(2,3)11-16(10-13,12-19)17-14-5-7-18(4)8-6-14/h13-14,17,19H,5-12H2,1-4H3/t13-,16-/m1/s1. The van der Waals surface area contributed by atoms with Crippen LogP contribution in [0.4, 0.5) is 0 Å². The fourth-order valence-electron chi connectivity index (χ4n) is 4.60. The lowest BCUT2D eigenvalue weighted by Gasteiger charge is -2.49. The van der Waals surface area contributed by atoms with Crippen LogP contribution in [0, 0.1) is 11.3 Å². The number of piperidine rings is 1. The highest BCUT2D eigenvalue weighted by molar-refractivity contribution is 5.00. The molecule has 2 fully saturated rings. The van der Waals surface area contributed by atoms with Crippen LogP contribution in [0.15, 0.2) is 0 Å². The minimum Gasteiger partial charge on any atom is -0.394 e. The van der Waals surface area contributed by atoms with Crippen molar-refractivity contribution in [2.24, 2.45) is 11.3 Å². The fourth-order valence-corrected chi connectivity index (χ4v) is 4.60. The molecule has 0 aromatic rings. The van der Waals surface area contributed by atoms with Gasteiger partial charge in [0, 0.05) is 11.6 Å². The van der Waals surface area contributed by atoms with Crippen LogP contribution in [0.3, 0.4) is 0 Å². The molecular formula is C16H32N2O. The Morgan fingerprint density at radius 2 is 1.84 bits per heavy atom. The maximum Gasteiger partial charge on any atom is 0.0613 e. The topological polar surface area (TPSA) is 35.5 Å². The zero-order valence-electron chi connectivity index (χ0n) is 13.2. The highest BCUT2D eigenvalue weighted by atomic mass is 16.3. The molecule has 0 bridgehead atoms. The number of hydrogen-bond acceptors (Lipinski definition) is 3. The van der Waals surface area contributed by atoms with Crippen LogP contribution in [0.5, 0.6) is 0 Å². The van der Waals surface area contributed by atoms with Gasteiger partial charge in [0.2, 0.25) is 0 Å². The van der Waals surface area contributed by atoms with E-state index in [1.165, 1.54) is 32.4 Å². The molecule has 2 aliphatic rings. The van der Waals surface area contributed by atoms with Crippen LogP contribution in [0.25, 0.3) is 0 Å². The van der Waals surface area contributed by atoms with Crippen molar-refractivity contribution < 1.29 is 5.11 Å². The Kier molecular flexibility index (Phi) is 4.59. The molecule has 1 saturated heterocycles. The molecule has 1 saturated carbocycles. The van der Waals surface area contributed by atoms with Crippen molar-refractivity contribution in [1.82, 2.24) is 10.2 Å². The zero-order valence-corrected chi connectivity index (χ0v) is 13.2. The van der Waals surface area contributed by atoms with E-state index in [0.29, 0.717) is 17.4 Å². The van der Waals surface area contributed by atoms with Gasteiger partial charge < -0.3 is 15.3 Å². The number of rotatable bonds is 3. The van der Waals surface area contributed by atoms with E-state index in [1.807, 2.05) is 0 Å². The van der Waals surface area contributed by atoms with Gasteiger partial charge in [0.05, 0.1) is 6.61 Å². The molecule has 3 nitrogen and oxygen atoms in total. The molecule has 3 heteroatoms. The second-order valence-corrected chi connectivity index (χ2v) is 8.01. The highest BCUT2D eigenvalue weighted by Gasteiger charge is 2.43. The second kappa shape index (κ2) is 5.71. The maximum absolute atomic E-state index is 10.0. The van der Waals surface area contributed by atoms with Crippen molar-refractivity contribution in [2.45, 2.75) is 64.5 Å². The van der Waals surface area contributed by atoms with Crippen LogP contribution in [0.1, 0.15) is 52.9 Å². The van der Waals surface area contributed by atoms with E-state index >= 15 is 0 Å². The predicted octanol–water partition coefficient (Wildman–Crippen LogP) is 2.25. The predicted molar refractivity (Wildman–Crippen MR) is 80.3 cm³/mol. The molecule has 1 aliphatic heterocycles. The van der Waals surface area contributed by atoms with Crippen molar-refractivity contribution in [3.8, 4) is 0 Å². The average molecular weight is 268 g/mol. The minimum absolute atomic E-state index is 0.0399. The monoisotopic (exact) mass is 268 g/mol. The van der Waals surface area contributed by atoms with Crippen molar-refractivity contribution in [2.75, 3.05) is 26.7 Å². The molecule has 0 unspecified atom stereocenters. The largest absolute Gasteiger partial charge is 0.394 e. The highest BCUT2D eigenvalue weighted by Crippen LogP contribution is 2.44. The van der Waals surface area contributed by atoms with E-state index < -0.39 is 0 Å². The van der Waals surface area contributed by atoms with E-state index in [4.69, 9.17) is 0 Å². The van der Waals surface area contributed by atoms with Gasteiger partial charge in [-0.25, -0.2) is 0 Å². The first kappa shape index (κ1) is 15.3. The molecule has 112 valence electrons. The van der Waals surface area contributed by atoms with Crippen LogP contribution in [-0.4, -0.2) is 48.3 Å². The Bertz CT molecular complexity index is 297. The first-order valence-electron chi connectivity index (χ1n) is 7.91. The first-order valence-corrected chi connectivity index (χ1v) is 7.91. The Morgan fingerprint density at radius 1 is 1.21 bits per heavy atom. The van der Waals surface area contributed by atoms with E-state index in [0.717, 1.165) is 12.8 Å². The quantitative estimate of drug-likeness (QED) is 0.824. The summed E-state index contributed by atoms with van der Waals surface area (Å²) in [7, 11) is 2.20. The summed E-state index contributed by atoms with van der Waals surface area (Å²) in [4.78, 5) is 2.40. The van der Waals surface area contributed by atoms with Gasteiger partial charge in [-0.3, -0.25) is 0 Å². The van der Waals surface area contributed by atoms with E-state index in [-0.39, 0.29) is 12.1 Å². The van der Waals surface area contributed by atoms with Gasteiger partial charge in [0.15, 0.2) is 0 Å². The summed E-state index contributed by atoms with van der Waals surface area (Å²) < 4.78 is 0. The van der Waals surface area contributed by atoms with Crippen LogP contribution < -0.4 is 5.32 Å². The summed E-state index contributed by atoms with van der Waals surface area (Å²) in [6.45, 7) is 9.68. The summed E-state index contributed by atoms with van der Waals surface area (Å²) in [5, 5.41) is 13.9. The summed E-state index contributed by atoms with van der Waals surface area (Å²) in [5.41, 5.74) is 0.306. The lowest BCUT2D eigenvalue weighted by atomic mass is 9.64. The van der Waals surface area contributed by atoms with Gasteiger partial charge in [0.1, 0.15) is 0 Å².